The molecule has 2 aromatic carbocycles. The second-order valence-corrected chi connectivity index (χ2v) is 6.04. The molecule has 3 heteroatoms. The zero-order valence-corrected chi connectivity index (χ0v) is 13.2. The quantitative estimate of drug-likeness (QED) is 0.847. The minimum atomic E-state index is 0.319. The molecule has 110 valence electrons. The molecule has 0 saturated carbocycles. The number of aryl methyl sites for hydroxylation is 2. The smallest absolute Gasteiger partial charge is 0.119 e. The predicted molar refractivity (Wildman–Crippen MR) is 88.5 cm³/mol. The van der Waals surface area contributed by atoms with Crippen LogP contribution in [0.2, 0.25) is 5.02 Å². The summed E-state index contributed by atoms with van der Waals surface area (Å²) in [5.41, 5.74) is 4.93. The Balaban J connectivity index is 1.88. The normalized spacial score (nSPS) is 17.2. The van der Waals surface area contributed by atoms with E-state index < -0.39 is 0 Å². The molecule has 0 bridgehead atoms. The third-order valence-corrected chi connectivity index (χ3v) is 4.43. The second kappa shape index (κ2) is 5.98. The van der Waals surface area contributed by atoms with Gasteiger partial charge in [-0.15, -0.1) is 0 Å². The van der Waals surface area contributed by atoms with Crippen LogP contribution in [-0.4, -0.2) is 7.11 Å². The lowest BCUT2D eigenvalue weighted by Crippen LogP contribution is -2.17. The molecule has 0 amide bonds. The largest absolute Gasteiger partial charge is 0.497 e. The van der Waals surface area contributed by atoms with Crippen molar-refractivity contribution in [3.8, 4) is 5.75 Å². The molecule has 3 rings (SSSR count). The molecule has 2 aromatic rings. The highest BCUT2D eigenvalue weighted by atomic mass is 35.5. The highest BCUT2D eigenvalue weighted by Crippen LogP contribution is 2.36. The number of benzene rings is 2. The average molecular weight is 302 g/mol. The molecule has 0 radical (unpaired) electrons. The van der Waals surface area contributed by atoms with Gasteiger partial charge < -0.3 is 10.1 Å². The fourth-order valence-electron chi connectivity index (χ4n) is 2.99. The first-order valence-electron chi connectivity index (χ1n) is 7.37. The number of nitrogens with one attached hydrogen (secondary N) is 1. The molecule has 0 fully saturated rings. The van der Waals surface area contributed by atoms with Crippen LogP contribution in [0.25, 0.3) is 0 Å². The summed E-state index contributed by atoms with van der Waals surface area (Å²) in [6, 6.07) is 12.8. The van der Waals surface area contributed by atoms with E-state index in [0.717, 1.165) is 29.3 Å². The van der Waals surface area contributed by atoms with Crippen LogP contribution in [-0.2, 0) is 6.42 Å². The number of fused-ring (bicyclic) bond motifs is 1. The first kappa shape index (κ1) is 14.3. The van der Waals surface area contributed by atoms with Crippen molar-refractivity contribution < 1.29 is 4.74 Å². The van der Waals surface area contributed by atoms with E-state index in [-0.39, 0.29) is 0 Å². The molecule has 0 spiro atoms. The van der Waals surface area contributed by atoms with Crippen LogP contribution < -0.4 is 10.1 Å². The maximum absolute atomic E-state index is 6.34. The van der Waals surface area contributed by atoms with Crippen molar-refractivity contribution >= 4 is 17.3 Å². The fourth-order valence-corrected chi connectivity index (χ4v) is 3.28. The van der Waals surface area contributed by atoms with Gasteiger partial charge in [0.1, 0.15) is 5.75 Å². The fraction of sp³-hybridized carbons (Fsp3) is 0.333. The molecule has 1 aliphatic carbocycles. The molecule has 1 N–H and O–H groups in total. The Hall–Kier alpha value is -1.67. The van der Waals surface area contributed by atoms with Crippen LogP contribution in [0.15, 0.2) is 36.4 Å². The molecular formula is C18H20ClNO. The zero-order chi connectivity index (χ0) is 14.8. The highest BCUT2D eigenvalue weighted by Gasteiger charge is 2.21. The summed E-state index contributed by atoms with van der Waals surface area (Å²) in [6.07, 6.45) is 3.43. The molecule has 0 aromatic heterocycles. The lowest BCUT2D eigenvalue weighted by molar-refractivity contribution is 0.413. The standard InChI is InChI=1S/C18H20ClNO/c1-12-6-9-18(16(19)10-12)20-17-5-3-4-13-11-14(21-2)7-8-15(13)17/h6-11,17,20H,3-5H2,1-2H3. The van der Waals surface area contributed by atoms with E-state index in [1.165, 1.54) is 23.1 Å². The summed E-state index contributed by atoms with van der Waals surface area (Å²) in [7, 11) is 1.71. The summed E-state index contributed by atoms with van der Waals surface area (Å²) >= 11 is 6.34. The third-order valence-electron chi connectivity index (χ3n) is 4.12. The van der Waals surface area contributed by atoms with E-state index in [2.05, 4.69) is 36.5 Å². The van der Waals surface area contributed by atoms with E-state index in [9.17, 15) is 0 Å². The van der Waals surface area contributed by atoms with E-state index in [0.29, 0.717) is 6.04 Å². The molecule has 0 heterocycles. The Morgan fingerprint density at radius 3 is 2.81 bits per heavy atom. The van der Waals surface area contributed by atoms with Crippen molar-refractivity contribution in [3.05, 3.63) is 58.1 Å². The monoisotopic (exact) mass is 301 g/mol. The first-order valence-corrected chi connectivity index (χ1v) is 7.74. The van der Waals surface area contributed by atoms with Gasteiger partial charge in [0.15, 0.2) is 0 Å². The highest BCUT2D eigenvalue weighted by molar-refractivity contribution is 6.33. The molecule has 21 heavy (non-hydrogen) atoms. The summed E-state index contributed by atoms with van der Waals surface area (Å²) in [5.74, 6) is 0.933. The number of rotatable bonds is 3. The number of methoxy groups -OCH3 is 1. The van der Waals surface area contributed by atoms with Crippen LogP contribution >= 0.6 is 11.6 Å². The Morgan fingerprint density at radius 2 is 2.05 bits per heavy atom. The number of anilines is 1. The van der Waals surface area contributed by atoms with Gasteiger partial charge in [0.05, 0.1) is 23.9 Å². The molecule has 1 unspecified atom stereocenters. The number of halogens is 1. The van der Waals surface area contributed by atoms with Gasteiger partial charge in [-0.05, 0) is 67.1 Å². The summed E-state index contributed by atoms with van der Waals surface area (Å²) in [4.78, 5) is 0. The van der Waals surface area contributed by atoms with E-state index in [4.69, 9.17) is 16.3 Å². The lowest BCUT2D eigenvalue weighted by Gasteiger charge is -2.28. The second-order valence-electron chi connectivity index (χ2n) is 5.64. The van der Waals surface area contributed by atoms with Crippen molar-refractivity contribution in [2.24, 2.45) is 0 Å². The average Bonchev–Trinajstić information content (AvgIpc) is 2.49. The maximum atomic E-state index is 6.34. The zero-order valence-electron chi connectivity index (χ0n) is 12.4. The van der Waals surface area contributed by atoms with Gasteiger partial charge in [-0.25, -0.2) is 0 Å². The van der Waals surface area contributed by atoms with Crippen molar-refractivity contribution in [1.82, 2.24) is 0 Å². The van der Waals surface area contributed by atoms with Crippen molar-refractivity contribution in [2.75, 3.05) is 12.4 Å². The third kappa shape index (κ3) is 3.01. The minimum absolute atomic E-state index is 0.319. The van der Waals surface area contributed by atoms with E-state index >= 15 is 0 Å². The van der Waals surface area contributed by atoms with Crippen LogP contribution in [0, 0.1) is 6.92 Å². The number of hydrogen-bond acceptors (Lipinski definition) is 2. The SMILES string of the molecule is COc1ccc2c(c1)CCCC2Nc1ccc(C)cc1Cl. The van der Waals surface area contributed by atoms with Gasteiger partial charge in [0.25, 0.3) is 0 Å². The van der Waals surface area contributed by atoms with Gasteiger partial charge in [-0.1, -0.05) is 23.7 Å². The molecule has 0 aliphatic heterocycles. The van der Waals surface area contributed by atoms with Gasteiger partial charge in [0, 0.05) is 0 Å². The Labute approximate surface area is 131 Å². The van der Waals surface area contributed by atoms with Gasteiger partial charge >= 0.3 is 0 Å². The van der Waals surface area contributed by atoms with E-state index in [1.807, 2.05) is 12.1 Å². The van der Waals surface area contributed by atoms with Gasteiger partial charge in [0.2, 0.25) is 0 Å². The molecule has 1 aliphatic rings. The summed E-state index contributed by atoms with van der Waals surface area (Å²) in [5, 5.41) is 4.38. The summed E-state index contributed by atoms with van der Waals surface area (Å²) < 4.78 is 5.32. The Morgan fingerprint density at radius 1 is 1.19 bits per heavy atom. The minimum Gasteiger partial charge on any atom is -0.497 e. The molecule has 2 nitrogen and oxygen atoms in total. The van der Waals surface area contributed by atoms with Crippen molar-refractivity contribution in [2.45, 2.75) is 32.2 Å². The van der Waals surface area contributed by atoms with Gasteiger partial charge in [-0.3, -0.25) is 0 Å². The van der Waals surface area contributed by atoms with E-state index in [1.54, 1.807) is 7.11 Å². The summed E-state index contributed by atoms with van der Waals surface area (Å²) in [6.45, 7) is 2.05. The number of ether oxygens (including phenoxy) is 1. The molecular weight excluding hydrogens is 282 g/mol. The lowest BCUT2D eigenvalue weighted by atomic mass is 9.87. The van der Waals surface area contributed by atoms with Crippen LogP contribution in [0.4, 0.5) is 5.69 Å². The van der Waals surface area contributed by atoms with Gasteiger partial charge in [-0.2, -0.15) is 0 Å². The van der Waals surface area contributed by atoms with Crippen molar-refractivity contribution in [3.63, 3.8) is 0 Å². The molecule has 0 saturated heterocycles. The topological polar surface area (TPSA) is 21.3 Å². The predicted octanol–water partition coefficient (Wildman–Crippen LogP) is 5.15. The maximum Gasteiger partial charge on any atom is 0.119 e. The van der Waals surface area contributed by atoms with Crippen molar-refractivity contribution in [1.29, 1.82) is 0 Å². The Bertz CT molecular complexity index is 654. The van der Waals surface area contributed by atoms with Crippen LogP contribution in [0.1, 0.15) is 35.6 Å². The van der Waals surface area contributed by atoms with Crippen LogP contribution in [0.5, 0.6) is 5.75 Å². The first-order chi connectivity index (χ1) is 10.2. The number of hydrogen-bond donors (Lipinski definition) is 1. The molecule has 1 atom stereocenters. The van der Waals surface area contributed by atoms with Crippen LogP contribution in [0.3, 0.4) is 0 Å². The Kier molecular flexibility index (Phi) is 4.07.